The average molecular weight is 184 g/mol. The van der Waals surface area contributed by atoms with Gasteiger partial charge in [0.25, 0.3) is 5.91 Å². The monoisotopic (exact) mass is 184 g/mol. The summed E-state index contributed by atoms with van der Waals surface area (Å²) in [7, 11) is 1.65. The molecular weight excluding hydrogens is 172 g/mol. The summed E-state index contributed by atoms with van der Waals surface area (Å²) < 4.78 is 1.41. The summed E-state index contributed by atoms with van der Waals surface area (Å²) in [6, 6.07) is 0. The van der Waals surface area contributed by atoms with Crippen LogP contribution < -0.4 is 11.1 Å². The van der Waals surface area contributed by atoms with E-state index in [1.807, 2.05) is 0 Å². The molecule has 0 aliphatic rings. The molecule has 0 saturated carbocycles. The third kappa shape index (κ3) is 1.97. The number of carbonyl (C=O) groups excluding carboxylic acids is 1. The Labute approximate surface area is 75.3 Å². The molecule has 6 heteroatoms. The summed E-state index contributed by atoms with van der Waals surface area (Å²) in [5, 5.41) is 14.8. The molecule has 6 nitrogen and oxygen atoms in total. The molecule has 1 amide bonds. The Hall–Kier alpha value is -1.56. The predicted octanol–water partition coefficient (Wildman–Crippen LogP) is -1.28. The maximum absolute atomic E-state index is 11.3. The third-order valence-corrected chi connectivity index (χ3v) is 1.63. The van der Waals surface area contributed by atoms with E-state index >= 15 is 0 Å². The van der Waals surface area contributed by atoms with Crippen molar-refractivity contribution in [3.8, 4) is 0 Å². The van der Waals surface area contributed by atoms with Gasteiger partial charge in [0.1, 0.15) is 11.4 Å². The van der Waals surface area contributed by atoms with Gasteiger partial charge in [0.2, 0.25) is 0 Å². The van der Waals surface area contributed by atoms with E-state index in [-0.39, 0.29) is 19.1 Å². The summed E-state index contributed by atoms with van der Waals surface area (Å²) in [5.41, 5.74) is 5.88. The number of nitrogen functional groups attached to an aromatic ring is 1. The van der Waals surface area contributed by atoms with Gasteiger partial charge in [0, 0.05) is 13.6 Å². The Balaban J connectivity index is 2.71. The highest BCUT2D eigenvalue weighted by molar-refractivity contribution is 5.98. The number of anilines is 1. The van der Waals surface area contributed by atoms with Crippen LogP contribution in [0.25, 0.3) is 0 Å². The Bertz CT molecular complexity index is 307. The molecule has 1 rings (SSSR count). The number of carbonyl (C=O) groups is 1. The van der Waals surface area contributed by atoms with Crippen LogP contribution in [0.5, 0.6) is 0 Å². The van der Waals surface area contributed by atoms with Gasteiger partial charge >= 0.3 is 0 Å². The number of rotatable bonds is 3. The highest BCUT2D eigenvalue weighted by atomic mass is 16.3. The number of amides is 1. The van der Waals surface area contributed by atoms with Crippen molar-refractivity contribution >= 4 is 11.7 Å². The first-order valence-electron chi connectivity index (χ1n) is 3.83. The van der Waals surface area contributed by atoms with E-state index in [2.05, 4.69) is 10.4 Å². The summed E-state index contributed by atoms with van der Waals surface area (Å²) in [6.45, 7) is 0.124. The first kappa shape index (κ1) is 9.53. The molecule has 1 aromatic heterocycles. The molecule has 0 aromatic carbocycles. The molecule has 0 fully saturated rings. The zero-order valence-electron chi connectivity index (χ0n) is 7.32. The number of aromatic nitrogens is 2. The number of aryl methyl sites for hydroxylation is 1. The van der Waals surface area contributed by atoms with Gasteiger partial charge in [-0.2, -0.15) is 5.10 Å². The standard InChI is InChI=1S/C7H12N4O2/c1-11-6(8)5(4-10-11)7(13)9-2-3-12/h4,12H,2-3,8H2,1H3,(H,9,13). The number of aliphatic hydroxyl groups is 1. The topological polar surface area (TPSA) is 93.2 Å². The van der Waals surface area contributed by atoms with Crippen LogP contribution in [-0.2, 0) is 7.05 Å². The lowest BCUT2D eigenvalue weighted by Gasteiger charge is -2.01. The molecule has 0 radical (unpaired) electrons. The van der Waals surface area contributed by atoms with Crippen LogP contribution in [0.1, 0.15) is 10.4 Å². The first-order valence-corrected chi connectivity index (χ1v) is 3.83. The SMILES string of the molecule is Cn1ncc(C(=O)NCCO)c1N. The molecule has 0 aliphatic carbocycles. The van der Waals surface area contributed by atoms with Crippen molar-refractivity contribution in [3.63, 3.8) is 0 Å². The summed E-state index contributed by atoms with van der Waals surface area (Å²) >= 11 is 0. The fourth-order valence-corrected chi connectivity index (χ4v) is 0.887. The van der Waals surface area contributed by atoms with E-state index in [1.54, 1.807) is 7.05 Å². The van der Waals surface area contributed by atoms with Crippen molar-refractivity contribution in [2.45, 2.75) is 0 Å². The van der Waals surface area contributed by atoms with Crippen molar-refractivity contribution < 1.29 is 9.90 Å². The van der Waals surface area contributed by atoms with Gasteiger partial charge in [0.05, 0.1) is 12.8 Å². The lowest BCUT2D eigenvalue weighted by atomic mass is 10.3. The molecule has 4 N–H and O–H groups in total. The zero-order chi connectivity index (χ0) is 9.84. The Morgan fingerprint density at radius 2 is 2.54 bits per heavy atom. The van der Waals surface area contributed by atoms with Gasteiger partial charge in [-0.05, 0) is 0 Å². The highest BCUT2D eigenvalue weighted by Crippen LogP contribution is 2.07. The minimum absolute atomic E-state index is 0.0914. The summed E-state index contributed by atoms with van der Waals surface area (Å²) in [5.74, 6) is -0.00455. The minimum Gasteiger partial charge on any atom is -0.395 e. The van der Waals surface area contributed by atoms with Gasteiger partial charge in [0.15, 0.2) is 0 Å². The lowest BCUT2D eigenvalue weighted by molar-refractivity contribution is 0.0945. The summed E-state index contributed by atoms with van der Waals surface area (Å²) in [4.78, 5) is 11.3. The van der Waals surface area contributed by atoms with E-state index in [0.717, 1.165) is 0 Å². The molecule has 13 heavy (non-hydrogen) atoms. The normalized spacial score (nSPS) is 10.0. The number of hydrogen-bond donors (Lipinski definition) is 3. The van der Waals surface area contributed by atoms with Crippen LogP contribution >= 0.6 is 0 Å². The van der Waals surface area contributed by atoms with E-state index in [1.165, 1.54) is 10.9 Å². The molecule has 0 aliphatic heterocycles. The third-order valence-electron chi connectivity index (χ3n) is 1.63. The highest BCUT2D eigenvalue weighted by Gasteiger charge is 2.12. The second kappa shape index (κ2) is 3.90. The van der Waals surface area contributed by atoms with Gasteiger partial charge < -0.3 is 16.2 Å². The Morgan fingerprint density at radius 3 is 3.00 bits per heavy atom. The molecular formula is C7H12N4O2. The van der Waals surface area contributed by atoms with Crippen LogP contribution in [0.4, 0.5) is 5.82 Å². The lowest BCUT2D eigenvalue weighted by Crippen LogP contribution is -2.26. The van der Waals surface area contributed by atoms with E-state index in [9.17, 15) is 4.79 Å². The van der Waals surface area contributed by atoms with E-state index < -0.39 is 0 Å². The maximum Gasteiger partial charge on any atom is 0.256 e. The van der Waals surface area contributed by atoms with E-state index in [0.29, 0.717) is 11.4 Å². The molecule has 0 saturated heterocycles. The first-order chi connectivity index (χ1) is 6.16. The fourth-order valence-electron chi connectivity index (χ4n) is 0.887. The number of hydrogen-bond acceptors (Lipinski definition) is 4. The number of aliphatic hydroxyl groups excluding tert-OH is 1. The smallest absolute Gasteiger partial charge is 0.256 e. The maximum atomic E-state index is 11.3. The van der Waals surface area contributed by atoms with Crippen molar-refractivity contribution in [2.24, 2.45) is 7.05 Å². The van der Waals surface area contributed by atoms with E-state index in [4.69, 9.17) is 10.8 Å². The zero-order valence-corrected chi connectivity index (χ0v) is 7.32. The number of nitrogens with two attached hydrogens (primary N) is 1. The van der Waals surface area contributed by atoms with Gasteiger partial charge in [-0.1, -0.05) is 0 Å². The largest absolute Gasteiger partial charge is 0.395 e. The minimum atomic E-state index is -0.320. The summed E-state index contributed by atoms with van der Waals surface area (Å²) in [6.07, 6.45) is 1.39. The molecule has 0 bridgehead atoms. The molecule has 72 valence electrons. The van der Waals surface area contributed by atoms with Gasteiger partial charge in [-0.25, -0.2) is 0 Å². The second-order valence-electron chi connectivity index (χ2n) is 2.55. The van der Waals surface area contributed by atoms with Crippen molar-refractivity contribution in [3.05, 3.63) is 11.8 Å². The van der Waals surface area contributed by atoms with Crippen LogP contribution in [0, 0.1) is 0 Å². The fraction of sp³-hybridized carbons (Fsp3) is 0.429. The quantitative estimate of drug-likeness (QED) is 0.545. The van der Waals surface area contributed by atoms with Crippen LogP contribution in [0.2, 0.25) is 0 Å². The van der Waals surface area contributed by atoms with Gasteiger partial charge in [-0.15, -0.1) is 0 Å². The van der Waals surface area contributed by atoms with Crippen LogP contribution in [0.15, 0.2) is 6.20 Å². The second-order valence-corrected chi connectivity index (χ2v) is 2.55. The van der Waals surface area contributed by atoms with Crippen LogP contribution in [0.3, 0.4) is 0 Å². The molecule has 1 heterocycles. The number of nitrogens with one attached hydrogen (secondary N) is 1. The van der Waals surface area contributed by atoms with Gasteiger partial charge in [-0.3, -0.25) is 9.48 Å². The Kier molecular flexibility index (Phi) is 2.86. The Morgan fingerprint density at radius 1 is 1.85 bits per heavy atom. The van der Waals surface area contributed by atoms with Crippen molar-refractivity contribution in [1.29, 1.82) is 0 Å². The van der Waals surface area contributed by atoms with Crippen molar-refractivity contribution in [2.75, 3.05) is 18.9 Å². The average Bonchev–Trinajstić information content (AvgIpc) is 2.44. The predicted molar refractivity (Wildman–Crippen MR) is 47.0 cm³/mol. The van der Waals surface area contributed by atoms with Crippen LogP contribution in [-0.4, -0.2) is 33.9 Å². The number of nitrogens with zero attached hydrogens (tertiary/aromatic N) is 2. The van der Waals surface area contributed by atoms with Crippen molar-refractivity contribution in [1.82, 2.24) is 15.1 Å². The molecule has 1 aromatic rings. The molecule has 0 spiro atoms. The molecule has 0 atom stereocenters. The molecule has 0 unspecified atom stereocenters.